The minimum absolute atomic E-state index is 0.000333. The topological polar surface area (TPSA) is 234 Å². The van der Waals surface area contributed by atoms with E-state index in [1.54, 1.807) is 0 Å². The number of amides is 1. The molecule has 1 aromatic rings. The number of hydrogen-bond acceptors (Lipinski definition) is 13. The molecular weight excluding hydrogens is 495 g/mol. The first-order valence-corrected chi connectivity index (χ1v) is 12.0. The van der Waals surface area contributed by atoms with Crippen molar-refractivity contribution in [3.63, 3.8) is 0 Å². The average Bonchev–Trinajstić information content (AvgIpc) is 3.17. The van der Waals surface area contributed by atoms with Crippen LogP contribution in [0, 0.1) is 0 Å². The zero-order chi connectivity index (χ0) is 25.9. The maximum atomic E-state index is 12.6. The zero-order valence-corrected chi connectivity index (χ0v) is 19.8. The Kier molecular flexibility index (Phi) is 8.98. The van der Waals surface area contributed by atoms with E-state index in [0.717, 1.165) is 4.57 Å². The fraction of sp³-hybridized carbons (Fsp3) is 0.722. The maximum absolute atomic E-state index is 12.6. The summed E-state index contributed by atoms with van der Waals surface area (Å²) in [4.78, 5) is 37.2. The van der Waals surface area contributed by atoms with Gasteiger partial charge in [0.25, 0.3) is 0 Å². The Balaban J connectivity index is 1.62. The second kappa shape index (κ2) is 11.4. The summed E-state index contributed by atoms with van der Waals surface area (Å²) in [6, 6.07) is 0.269. The molecule has 0 spiro atoms. The molecule has 2 fully saturated rings. The van der Waals surface area contributed by atoms with Gasteiger partial charge in [-0.25, -0.2) is 9.36 Å². The van der Waals surface area contributed by atoms with Crippen molar-refractivity contribution in [2.24, 2.45) is 0 Å². The van der Waals surface area contributed by atoms with Crippen LogP contribution in [0.5, 0.6) is 0 Å². The van der Waals surface area contributed by atoms with E-state index in [1.807, 2.05) is 0 Å². The van der Waals surface area contributed by atoms with E-state index in [1.165, 1.54) is 26.3 Å². The van der Waals surface area contributed by atoms with Crippen molar-refractivity contribution in [2.45, 2.75) is 62.4 Å². The number of methoxy groups -OCH3 is 1. The molecule has 0 aliphatic carbocycles. The molecule has 3 heterocycles. The van der Waals surface area contributed by atoms with Gasteiger partial charge in [-0.05, 0) is 6.07 Å². The van der Waals surface area contributed by atoms with E-state index in [-0.39, 0.29) is 12.2 Å². The minimum atomic E-state index is -4.81. The number of aliphatic hydroxyl groups excluding tert-OH is 3. The molecule has 0 bridgehead atoms. The summed E-state index contributed by atoms with van der Waals surface area (Å²) in [5, 5.41) is 32.6. The van der Waals surface area contributed by atoms with E-state index in [2.05, 4.69) is 10.3 Å². The van der Waals surface area contributed by atoms with Crippen LogP contribution in [-0.4, -0.2) is 98.8 Å². The lowest BCUT2D eigenvalue weighted by Gasteiger charge is -2.42. The van der Waals surface area contributed by atoms with Gasteiger partial charge in [-0.15, -0.1) is 0 Å². The molecule has 35 heavy (non-hydrogen) atoms. The van der Waals surface area contributed by atoms with Crippen molar-refractivity contribution in [2.75, 3.05) is 26.1 Å². The summed E-state index contributed by atoms with van der Waals surface area (Å²) in [6.07, 6.45) is -7.57. The number of nitrogens with two attached hydrogens (primary N) is 1. The SMILES string of the molecule is CO[C@H]1O[C@H](COP(=O)(O)O[C@H]2C[C@H](n3ccc(N)nc3=O)O[C@@H]2CO)[C@@H](O)[C@H](O)[C@H]1NC(C)=O. The minimum Gasteiger partial charge on any atom is -0.394 e. The van der Waals surface area contributed by atoms with Crippen molar-refractivity contribution in [3.05, 3.63) is 22.7 Å². The van der Waals surface area contributed by atoms with Crippen LogP contribution in [0.25, 0.3) is 0 Å². The van der Waals surface area contributed by atoms with Crippen LogP contribution >= 0.6 is 7.82 Å². The van der Waals surface area contributed by atoms with Crippen LogP contribution in [0.15, 0.2) is 17.1 Å². The van der Waals surface area contributed by atoms with Crippen LogP contribution in [0.3, 0.4) is 0 Å². The zero-order valence-electron chi connectivity index (χ0n) is 18.9. The Morgan fingerprint density at radius 3 is 2.66 bits per heavy atom. The van der Waals surface area contributed by atoms with Gasteiger partial charge in [-0.1, -0.05) is 0 Å². The average molecular weight is 524 g/mol. The number of ether oxygens (including phenoxy) is 3. The number of nitrogens with zero attached hydrogens (tertiary/aromatic N) is 2. The highest BCUT2D eigenvalue weighted by Gasteiger charge is 2.47. The first kappa shape index (κ1) is 27.6. The van der Waals surface area contributed by atoms with Crippen molar-refractivity contribution in [3.8, 4) is 0 Å². The number of rotatable bonds is 9. The van der Waals surface area contributed by atoms with E-state index in [4.69, 9.17) is 29.0 Å². The molecule has 3 rings (SSSR count). The van der Waals surface area contributed by atoms with Crippen LogP contribution in [0.4, 0.5) is 5.82 Å². The second-order valence-corrected chi connectivity index (χ2v) is 9.39. The number of phosphoric ester groups is 1. The lowest BCUT2D eigenvalue weighted by molar-refractivity contribution is -0.261. The van der Waals surface area contributed by atoms with Crippen molar-refractivity contribution >= 4 is 19.5 Å². The fourth-order valence-electron chi connectivity index (χ4n) is 3.82. The Morgan fingerprint density at radius 2 is 2.06 bits per heavy atom. The van der Waals surface area contributed by atoms with Gasteiger partial charge in [0.2, 0.25) is 5.91 Å². The third kappa shape index (κ3) is 6.62. The van der Waals surface area contributed by atoms with E-state index in [9.17, 15) is 34.4 Å². The van der Waals surface area contributed by atoms with Crippen LogP contribution in [0.2, 0.25) is 0 Å². The van der Waals surface area contributed by atoms with Crippen LogP contribution < -0.4 is 16.7 Å². The van der Waals surface area contributed by atoms with Gasteiger partial charge in [0, 0.05) is 26.7 Å². The van der Waals surface area contributed by atoms with Gasteiger partial charge in [-0.3, -0.25) is 18.4 Å². The molecule has 198 valence electrons. The number of carbonyl (C=O) groups is 1. The lowest BCUT2D eigenvalue weighted by Crippen LogP contribution is -2.64. The molecule has 1 amide bonds. The summed E-state index contributed by atoms with van der Waals surface area (Å²) >= 11 is 0. The monoisotopic (exact) mass is 524 g/mol. The first-order valence-electron chi connectivity index (χ1n) is 10.5. The molecule has 17 heteroatoms. The number of aromatic nitrogens is 2. The smallest absolute Gasteiger partial charge is 0.394 e. The molecule has 0 aromatic carbocycles. The summed E-state index contributed by atoms with van der Waals surface area (Å²) in [5.74, 6) is -0.497. The van der Waals surface area contributed by atoms with E-state index >= 15 is 0 Å². The van der Waals surface area contributed by atoms with Gasteiger partial charge in [0.05, 0.1) is 13.2 Å². The van der Waals surface area contributed by atoms with Crippen LogP contribution in [0.1, 0.15) is 19.6 Å². The van der Waals surface area contributed by atoms with Gasteiger partial charge >= 0.3 is 13.5 Å². The predicted octanol–water partition coefficient (Wildman–Crippen LogP) is -2.79. The Labute approximate surface area is 199 Å². The first-order chi connectivity index (χ1) is 16.5. The van der Waals surface area contributed by atoms with Gasteiger partial charge in [0.1, 0.15) is 48.6 Å². The molecular formula is C18H29N4O12P. The largest absolute Gasteiger partial charge is 0.472 e. The molecule has 2 saturated heterocycles. The van der Waals surface area contributed by atoms with Crippen molar-refractivity contribution < 1.29 is 52.8 Å². The number of carbonyl (C=O) groups excluding carboxylic acids is 1. The number of anilines is 1. The highest BCUT2D eigenvalue weighted by molar-refractivity contribution is 7.47. The number of aliphatic hydroxyl groups is 3. The van der Waals surface area contributed by atoms with Crippen molar-refractivity contribution in [1.82, 2.24) is 14.9 Å². The highest BCUT2D eigenvalue weighted by Crippen LogP contribution is 2.48. The highest BCUT2D eigenvalue weighted by atomic mass is 31.2. The molecule has 2 aliphatic rings. The van der Waals surface area contributed by atoms with Gasteiger partial charge < -0.3 is 45.5 Å². The number of nitrogens with one attached hydrogen (secondary N) is 1. The van der Waals surface area contributed by atoms with Crippen LogP contribution in [-0.2, 0) is 32.6 Å². The maximum Gasteiger partial charge on any atom is 0.472 e. The molecule has 0 radical (unpaired) electrons. The third-order valence-corrected chi connectivity index (χ3v) is 6.51. The second-order valence-electron chi connectivity index (χ2n) is 7.98. The summed E-state index contributed by atoms with van der Waals surface area (Å²) in [6.45, 7) is -0.0761. The Morgan fingerprint density at radius 1 is 1.34 bits per heavy atom. The molecule has 9 atom stereocenters. The predicted molar refractivity (Wildman–Crippen MR) is 114 cm³/mol. The molecule has 1 aromatic heterocycles. The normalized spacial score (nSPS) is 34.9. The number of nitrogen functional groups attached to an aromatic ring is 1. The summed E-state index contributed by atoms with van der Waals surface area (Å²) in [5.41, 5.74) is 4.74. The Hall–Kier alpha value is -1.98. The molecule has 7 N–H and O–H groups in total. The third-order valence-electron chi connectivity index (χ3n) is 5.50. The molecule has 16 nitrogen and oxygen atoms in total. The van der Waals surface area contributed by atoms with Gasteiger partial charge in [-0.2, -0.15) is 4.98 Å². The quantitative estimate of drug-likeness (QED) is 0.179. The molecule has 2 aliphatic heterocycles. The number of phosphoric acid groups is 1. The lowest BCUT2D eigenvalue weighted by atomic mass is 9.97. The van der Waals surface area contributed by atoms with E-state index < -0.39 is 81.7 Å². The number of hydrogen-bond donors (Lipinski definition) is 6. The summed E-state index contributed by atoms with van der Waals surface area (Å²) < 4.78 is 39.8. The summed E-state index contributed by atoms with van der Waals surface area (Å²) in [7, 11) is -3.56. The molecule has 0 saturated carbocycles. The standard InChI is InChI=1S/C18H29N4O12P/c1-8(24)20-14-16(26)15(25)11(33-17(14)30-2)7-31-35(28,29)34-9-5-13(32-10(9)6-23)22-4-3-12(19)21-18(22)27/h3-4,9-11,13-17,23,25-26H,5-7H2,1-2H3,(H,20,24)(H,28,29)(H2,19,21,27)/t9-,10+,11+,13+,14+,15+,16+,17-/m0/s1. The Bertz CT molecular complexity index is 992. The fourth-order valence-corrected chi connectivity index (χ4v) is 4.78. The van der Waals surface area contributed by atoms with Gasteiger partial charge in [0.15, 0.2) is 6.29 Å². The molecule has 1 unspecified atom stereocenters. The van der Waals surface area contributed by atoms with E-state index in [0.29, 0.717) is 0 Å². The van der Waals surface area contributed by atoms with Crippen molar-refractivity contribution in [1.29, 1.82) is 0 Å².